The molecule has 2 heteroatoms. The molecule has 1 aromatic rings. The Morgan fingerprint density at radius 3 is 2.60 bits per heavy atom. The summed E-state index contributed by atoms with van der Waals surface area (Å²) in [5.41, 5.74) is 0.834. The van der Waals surface area contributed by atoms with Crippen LogP contribution in [0.25, 0.3) is 0 Å². The minimum absolute atomic E-state index is 0.834. The number of hydrogen-bond acceptors (Lipinski definition) is 2. The van der Waals surface area contributed by atoms with Crippen molar-refractivity contribution < 1.29 is 4.79 Å². The summed E-state index contributed by atoms with van der Waals surface area (Å²) in [5.74, 6) is 0. The second-order valence-electron chi connectivity index (χ2n) is 3.98. The first kappa shape index (κ1) is 12.4. The molecule has 0 aromatic carbocycles. The first-order chi connectivity index (χ1) is 7.36. The highest BCUT2D eigenvalue weighted by atomic mass is 32.1. The van der Waals surface area contributed by atoms with E-state index in [0.717, 1.165) is 18.3 Å². The lowest BCUT2D eigenvalue weighted by atomic mass is 10.1. The molecular formula is C13H20OS. The molecular weight excluding hydrogens is 204 g/mol. The van der Waals surface area contributed by atoms with Gasteiger partial charge in [-0.2, -0.15) is 0 Å². The maximum Gasteiger partial charge on any atom is 0.150 e. The van der Waals surface area contributed by atoms with Gasteiger partial charge in [0.25, 0.3) is 0 Å². The monoisotopic (exact) mass is 224 g/mol. The van der Waals surface area contributed by atoms with Crippen LogP contribution in [0.5, 0.6) is 0 Å². The second kappa shape index (κ2) is 7.63. The van der Waals surface area contributed by atoms with Crippen molar-refractivity contribution in [2.45, 2.75) is 51.9 Å². The standard InChI is InChI=1S/C13H20OS/c1-2-3-4-5-6-7-8-13-9-12(10-14)11-15-13/h9-11H,2-8H2,1H3. The third-order valence-electron chi connectivity index (χ3n) is 2.59. The van der Waals surface area contributed by atoms with Gasteiger partial charge in [-0.1, -0.05) is 39.0 Å². The van der Waals surface area contributed by atoms with Crippen molar-refractivity contribution in [1.29, 1.82) is 0 Å². The Morgan fingerprint density at radius 1 is 1.20 bits per heavy atom. The van der Waals surface area contributed by atoms with E-state index < -0.39 is 0 Å². The summed E-state index contributed by atoms with van der Waals surface area (Å²) in [6, 6.07) is 2.02. The quantitative estimate of drug-likeness (QED) is 0.470. The number of rotatable bonds is 8. The first-order valence-corrected chi connectivity index (χ1v) is 6.77. The zero-order valence-corrected chi connectivity index (χ0v) is 10.3. The Morgan fingerprint density at radius 2 is 1.93 bits per heavy atom. The number of hydrogen-bond donors (Lipinski definition) is 0. The van der Waals surface area contributed by atoms with Crippen LogP contribution in [0.2, 0.25) is 0 Å². The fourth-order valence-corrected chi connectivity index (χ4v) is 2.55. The van der Waals surface area contributed by atoms with Gasteiger partial charge in [-0.05, 0) is 18.9 Å². The van der Waals surface area contributed by atoms with Crippen LogP contribution in [0.4, 0.5) is 0 Å². The predicted octanol–water partition coefficient (Wildman–Crippen LogP) is 4.46. The number of unbranched alkanes of at least 4 members (excludes halogenated alkanes) is 5. The van der Waals surface area contributed by atoms with Crippen molar-refractivity contribution in [2.75, 3.05) is 0 Å². The third-order valence-corrected chi connectivity index (χ3v) is 3.60. The van der Waals surface area contributed by atoms with E-state index in [-0.39, 0.29) is 0 Å². The molecule has 0 aliphatic rings. The number of carbonyl (C=O) groups excluding carboxylic acids is 1. The van der Waals surface area contributed by atoms with Gasteiger partial charge in [0.1, 0.15) is 0 Å². The molecule has 0 spiro atoms. The van der Waals surface area contributed by atoms with E-state index in [1.54, 1.807) is 11.3 Å². The van der Waals surface area contributed by atoms with Crippen LogP contribution in [0, 0.1) is 0 Å². The maximum absolute atomic E-state index is 10.5. The van der Waals surface area contributed by atoms with Crippen LogP contribution in [-0.2, 0) is 6.42 Å². The van der Waals surface area contributed by atoms with Gasteiger partial charge in [0.2, 0.25) is 0 Å². The predicted molar refractivity (Wildman–Crippen MR) is 66.8 cm³/mol. The maximum atomic E-state index is 10.5. The molecule has 0 amide bonds. The van der Waals surface area contributed by atoms with Gasteiger partial charge in [0.05, 0.1) is 0 Å². The molecule has 0 saturated carbocycles. The van der Waals surface area contributed by atoms with Crippen LogP contribution >= 0.6 is 11.3 Å². The second-order valence-corrected chi connectivity index (χ2v) is 4.98. The zero-order chi connectivity index (χ0) is 10.9. The zero-order valence-electron chi connectivity index (χ0n) is 9.50. The average molecular weight is 224 g/mol. The fraction of sp³-hybridized carbons (Fsp3) is 0.615. The molecule has 1 heterocycles. The van der Waals surface area contributed by atoms with Gasteiger partial charge in [0, 0.05) is 15.8 Å². The smallest absolute Gasteiger partial charge is 0.150 e. The molecule has 1 aromatic heterocycles. The summed E-state index contributed by atoms with van der Waals surface area (Å²) in [4.78, 5) is 11.8. The summed E-state index contributed by atoms with van der Waals surface area (Å²) in [7, 11) is 0. The van der Waals surface area contributed by atoms with E-state index >= 15 is 0 Å². The summed E-state index contributed by atoms with van der Waals surface area (Å²) in [6.07, 6.45) is 10.1. The highest BCUT2D eigenvalue weighted by Gasteiger charge is 1.98. The lowest BCUT2D eigenvalue weighted by Crippen LogP contribution is -1.82. The third kappa shape index (κ3) is 5.12. The van der Waals surface area contributed by atoms with Gasteiger partial charge in [-0.15, -0.1) is 11.3 Å². The van der Waals surface area contributed by atoms with Crippen LogP contribution in [-0.4, -0.2) is 6.29 Å². The van der Waals surface area contributed by atoms with Crippen LogP contribution in [0.15, 0.2) is 11.4 Å². The number of carbonyl (C=O) groups is 1. The van der Waals surface area contributed by atoms with E-state index in [2.05, 4.69) is 6.92 Å². The molecule has 1 nitrogen and oxygen atoms in total. The molecule has 0 bridgehead atoms. The normalized spacial score (nSPS) is 10.5. The van der Waals surface area contributed by atoms with Crippen molar-refractivity contribution in [3.63, 3.8) is 0 Å². The van der Waals surface area contributed by atoms with E-state index in [0.29, 0.717) is 0 Å². The summed E-state index contributed by atoms with van der Waals surface area (Å²) in [5, 5.41) is 1.94. The Labute approximate surface area is 96.5 Å². The Bertz CT molecular complexity index is 278. The lowest BCUT2D eigenvalue weighted by Gasteiger charge is -1.98. The largest absolute Gasteiger partial charge is 0.298 e. The molecule has 84 valence electrons. The SMILES string of the molecule is CCCCCCCCc1cc(C=O)cs1. The van der Waals surface area contributed by atoms with Crippen molar-refractivity contribution in [3.8, 4) is 0 Å². The van der Waals surface area contributed by atoms with Gasteiger partial charge >= 0.3 is 0 Å². The summed E-state index contributed by atoms with van der Waals surface area (Å²) >= 11 is 1.71. The van der Waals surface area contributed by atoms with Crippen molar-refractivity contribution >= 4 is 17.6 Å². The van der Waals surface area contributed by atoms with Gasteiger partial charge in [-0.3, -0.25) is 4.79 Å². The number of thiophene rings is 1. The molecule has 0 radical (unpaired) electrons. The molecule has 1 rings (SSSR count). The van der Waals surface area contributed by atoms with Crippen LogP contribution in [0.3, 0.4) is 0 Å². The molecule has 0 fully saturated rings. The Hall–Kier alpha value is -0.630. The average Bonchev–Trinajstić information content (AvgIpc) is 2.71. The molecule has 0 atom stereocenters. The molecule has 0 unspecified atom stereocenters. The van der Waals surface area contributed by atoms with Crippen molar-refractivity contribution in [3.05, 3.63) is 21.9 Å². The van der Waals surface area contributed by atoms with Gasteiger partial charge in [-0.25, -0.2) is 0 Å². The van der Waals surface area contributed by atoms with Gasteiger partial charge < -0.3 is 0 Å². The van der Waals surface area contributed by atoms with E-state index in [4.69, 9.17) is 0 Å². The summed E-state index contributed by atoms with van der Waals surface area (Å²) in [6.45, 7) is 2.24. The number of aryl methyl sites for hydroxylation is 1. The fourth-order valence-electron chi connectivity index (χ4n) is 1.67. The molecule has 0 aliphatic carbocycles. The van der Waals surface area contributed by atoms with E-state index in [1.165, 1.54) is 43.4 Å². The summed E-state index contributed by atoms with van der Waals surface area (Å²) < 4.78 is 0. The van der Waals surface area contributed by atoms with Crippen molar-refractivity contribution in [2.24, 2.45) is 0 Å². The number of aldehydes is 1. The first-order valence-electron chi connectivity index (χ1n) is 5.89. The van der Waals surface area contributed by atoms with E-state index in [1.807, 2.05) is 11.4 Å². The Kier molecular flexibility index (Phi) is 6.33. The lowest BCUT2D eigenvalue weighted by molar-refractivity contribution is 0.112. The highest BCUT2D eigenvalue weighted by molar-refractivity contribution is 7.10. The van der Waals surface area contributed by atoms with E-state index in [9.17, 15) is 4.79 Å². The molecule has 0 aliphatic heterocycles. The van der Waals surface area contributed by atoms with Crippen LogP contribution < -0.4 is 0 Å². The molecule has 0 N–H and O–H groups in total. The molecule has 15 heavy (non-hydrogen) atoms. The van der Waals surface area contributed by atoms with Gasteiger partial charge in [0.15, 0.2) is 6.29 Å². The van der Waals surface area contributed by atoms with Crippen molar-refractivity contribution in [1.82, 2.24) is 0 Å². The van der Waals surface area contributed by atoms with Crippen LogP contribution in [0.1, 0.15) is 60.7 Å². The minimum Gasteiger partial charge on any atom is -0.298 e. The topological polar surface area (TPSA) is 17.1 Å². The minimum atomic E-state index is 0.834. The molecule has 0 saturated heterocycles. The highest BCUT2D eigenvalue weighted by Crippen LogP contribution is 2.16. The Balaban J connectivity index is 2.07.